The molecule has 2 aromatic carbocycles. The van der Waals surface area contributed by atoms with Gasteiger partial charge in [0.1, 0.15) is 17.8 Å². The molecule has 1 aromatic heterocycles. The third-order valence-corrected chi connectivity index (χ3v) is 3.51. The predicted octanol–water partition coefficient (Wildman–Crippen LogP) is 2.65. The lowest BCUT2D eigenvalue weighted by Gasteiger charge is -2.15. The highest BCUT2D eigenvalue weighted by Gasteiger charge is 2.17. The number of aryl methyl sites for hydroxylation is 2. The molecule has 3 rings (SSSR count). The Labute approximate surface area is 145 Å². The molecule has 7 heteroatoms. The topological polar surface area (TPSA) is 79.1 Å². The average Bonchev–Trinajstić information content (AvgIpc) is 3.09. The molecular formula is C18H18N4O3. The number of carbonyl (C=O) groups is 1. The van der Waals surface area contributed by atoms with Crippen molar-refractivity contribution in [2.24, 2.45) is 0 Å². The highest BCUT2D eigenvalue weighted by atomic mass is 16.6. The molecule has 0 amide bonds. The molecule has 0 radical (unpaired) electrons. The maximum Gasteiger partial charge on any atom is 0.352 e. The van der Waals surface area contributed by atoms with Crippen molar-refractivity contribution < 1.29 is 14.3 Å². The fraction of sp³-hybridized carbons (Fsp3) is 0.222. The number of ether oxygens (including phenoxy) is 2. The zero-order chi connectivity index (χ0) is 17.8. The minimum Gasteiger partial charge on any atom is -0.479 e. The van der Waals surface area contributed by atoms with Gasteiger partial charge in [0.05, 0.1) is 5.69 Å². The summed E-state index contributed by atoms with van der Waals surface area (Å²) in [5.41, 5.74) is 2.92. The SMILES string of the molecule is Cc1cc(C)cc(O[C@H](C)C(=O)Oc2ccc(-n3cnnn3)cc2)c1. The summed E-state index contributed by atoms with van der Waals surface area (Å²) in [5, 5.41) is 10.9. The summed E-state index contributed by atoms with van der Waals surface area (Å²) in [6, 6.07) is 12.7. The third-order valence-electron chi connectivity index (χ3n) is 3.51. The normalized spacial score (nSPS) is 11.8. The molecule has 0 aliphatic heterocycles. The lowest BCUT2D eigenvalue weighted by atomic mass is 10.1. The number of tetrazole rings is 1. The van der Waals surface area contributed by atoms with Gasteiger partial charge >= 0.3 is 5.97 Å². The van der Waals surface area contributed by atoms with E-state index in [-0.39, 0.29) is 0 Å². The number of aromatic nitrogens is 4. The minimum atomic E-state index is -0.722. The smallest absolute Gasteiger partial charge is 0.352 e. The molecule has 0 unspecified atom stereocenters. The van der Waals surface area contributed by atoms with Gasteiger partial charge in [-0.15, -0.1) is 5.10 Å². The van der Waals surface area contributed by atoms with Crippen molar-refractivity contribution in [1.82, 2.24) is 20.2 Å². The van der Waals surface area contributed by atoms with Crippen LogP contribution in [-0.2, 0) is 4.79 Å². The molecule has 128 valence electrons. The lowest BCUT2D eigenvalue weighted by molar-refractivity contribution is -0.141. The molecule has 0 aliphatic rings. The van der Waals surface area contributed by atoms with E-state index in [9.17, 15) is 4.79 Å². The summed E-state index contributed by atoms with van der Waals surface area (Å²) in [7, 11) is 0. The van der Waals surface area contributed by atoms with E-state index in [0.29, 0.717) is 11.5 Å². The summed E-state index contributed by atoms with van der Waals surface area (Å²) in [5.74, 6) is 0.614. The molecule has 0 saturated carbocycles. The van der Waals surface area contributed by atoms with Crippen molar-refractivity contribution in [3.63, 3.8) is 0 Å². The first-order chi connectivity index (χ1) is 12.0. The molecule has 1 heterocycles. The molecule has 25 heavy (non-hydrogen) atoms. The zero-order valence-electron chi connectivity index (χ0n) is 14.2. The van der Waals surface area contributed by atoms with Crippen LogP contribution < -0.4 is 9.47 Å². The molecule has 7 nitrogen and oxygen atoms in total. The van der Waals surface area contributed by atoms with Gasteiger partial charge in [0.25, 0.3) is 0 Å². The van der Waals surface area contributed by atoms with Gasteiger partial charge in [0.2, 0.25) is 0 Å². The van der Waals surface area contributed by atoms with Crippen LogP contribution in [0.3, 0.4) is 0 Å². The Hall–Kier alpha value is -3.22. The summed E-state index contributed by atoms with van der Waals surface area (Å²) in [4.78, 5) is 12.2. The summed E-state index contributed by atoms with van der Waals surface area (Å²) >= 11 is 0. The van der Waals surface area contributed by atoms with Crippen molar-refractivity contribution >= 4 is 5.97 Å². The first kappa shape index (κ1) is 16.6. The van der Waals surface area contributed by atoms with Gasteiger partial charge in [-0.1, -0.05) is 6.07 Å². The van der Waals surface area contributed by atoms with Crippen LogP contribution in [0.5, 0.6) is 11.5 Å². The minimum absolute atomic E-state index is 0.428. The maximum atomic E-state index is 12.2. The van der Waals surface area contributed by atoms with Gasteiger partial charge in [-0.25, -0.2) is 9.48 Å². The highest BCUT2D eigenvalue weighted by Crippen LogP contribution is 2.19. The molecule has 1 atom stereocenters. The highest BCUT2D eigenvalue weighted by molar-refractivity contribution is 5.77. The number of carbonyl (C=O) groups excluding carboxylic acids is 1. The van der Waals surface area contributed by atoms with Gasteiger partial charge in [-0.2, -0.15) is 0 Å². The summed E-state index contributed by atoms with van der Waals surface area (Å²) < 4.78 is 12.6. The molecule has 0 N–H and O–H groups in total. The summed E-state index contributed by atoms with van der Waals surface area (Å²) in [6.07, 6.45) is 0.765. The lowest BCUT2D eigenvalue weighted by Crippen LogP contribution is -2.28. The number of benzene rings is 2. The fourth-order valence-electron chi connectivity index (χ4n) is 2.40. The van der Waals surface area contributed by atoms with E-state index in [1.165, 1.54) is 11.0 Å². The van der Waals surface area contributed by atoms with Crippen molar-refractivity contribution in [2.75, 3.05) is 0 Å². The Morgan fingerprint density at radius 1 is 1.04 bits per heavy atom. The fourth-order valence-corrected chi connectivity index (χ4v) is 2.40. The number of rotatable bonds is 5. The number of hydrogen-bond donors (Lipinski definition) is 0. The van der Waals surface area contributed by atoms with Crippen LogP contribution in [0.1, 0.15) is 18.1 Å². The Kier molecular flexibility index (Phi) is 4.74. The van der Waals surface area contributed by atoms with E-state index in [4.69, 9.17) is 9.47 Å². The van der Waals surface area contributed by atoms with Crippen LogP contribution >= 0.6 is 0 Å². The van der Waals surface area contributed by atoms with E-state index >= 15 is 0 Å². The quantitative estimate of drug-likeness (QED) is 0.526. The van der Waals surface area contributed by atoms with Crippen molar-refractivity contribution in [2.45, 2.75) is 26.9 Å². The largest absolute Gasteiger partial charge is 0.479 e. The van der Waals surface area contributed by atoms with Crippen LogP contribution in [0.2, 0.25) is 0 Å². The Morgan fingerprint density at radius 2 is 1.72 bits per heavy atom. The first-order valence-electron chi connectivity index (χ1n) is 7.81. The van der Waals surface area contributed by atoms with Gasteiger partial charge in [-0.05, 0) is 78.7 Å². The monoisotopic (exact) mass is 338 g/mol. The second-order valence-corrected chi connectivity index (χ2v) is 5.75. The molecule has 0 spiro atoms. The van der Waals surface area contributed by atoms with Crippen LogP contribution in [0.4, 0.5) is 0 Å². The second-order valence-electron chi connectivity index (χ2n) is 5.75. The molecular weight excluding hydrogens is 320 g/mol. The first-order valence-corrected chi connectivity index (χ1v) is 7.81. The Balaban J connectivity index is 1.63. The number of nitrogens with zero attached hydrogens (tertiary/aromatic N) is 4. The van der Waals surface area contributed by atoms with Crippen molar-refractivity contribution in [3.05, 3.63) is 59.9 Å². The van der Waals surface area contributed by atoms with E-state index < -0.39 is 12.1 Å². The average molecular weight is 338 g/mol. The predicted molar refractivity (Wildman–Crippen MR) is 90.8 cm³/mol. The molecule has 0 aliphatic carbocycles. The van der Waals surface area contributed by atoms with E-state index in [2.05, 4.69) is 15.5 Å². The molecule has 3 aromatic rings. The Morgan fingerprint density at radius 3 is 2.32 bits per heavy atom. The number of hydrogen-bond acceptors (Lipinski definition) is 6. The zero-order valence-corrected chi connectivity index (χ0v) is 14.2. The maximum absolute atomic E-state index is 12.2. The van der Waals surface area contributed by atoms with Gasteiger partial charge in [-0.3, -0.25) is 0 Å². The van der Waals surface area contributed by atoms with Crippen molar-refractivity contribution in [3.8, 4) is 17.2 Å². The summed E-state index contributed by atoms with van der Waals surface area (Å²) in [6.45, 7) is 5.62. The number of esters is 1. The van der Waals surface area contributed by atoms with Crippen LogP contribution in [-0.4, -0.2) is 32.3 Å². The second kappa shape index (κ2) is 7.12. The van der Waals surface area contributed by atoms with E-state index in [0.717, 1.165) is 16.8 Å². The van der Waals surface area contributed by atoms with Crippen LogP contribution in [0, 0.1) is 13.8 Å². The third kappa shape index (κ3) is 4.20. The molecule has 0 bridgehead atoms. The van der Waals surface area contributed by atoms with E-state index in [1.54, 1.807) is 31.2 Å². The van der Waals surface area contributed by atoms with Gasteiger partial charge in [0, 0.05) is 0 Å². The van der Waals surface area contributed by atoms with E-state index in [1.807, 2.05) is 32.0 Å². The van der Waals surface area contributed by atoms with Crippen LogP contribution in [0.25, 0.3) is 5.69 Å². The standard InChI is InChI=1S/C18H18N4O3/c1-12-8-13(2)10-17(9-12)24-14(3)18(23)25-16-6-4-15(5-7-16)22-11-19-20-21-22/h4-11,14H,1-3H3/t14-/m1/s1. The van der Waals surface area contributed by atoms with Crippen molar-refractivity contribution in [1.29, 1.82) is 0 Å². The Bertz CT molecular complexity index is 840. The molecule has 0 saturated heterocycles. The van der Waals surface area contributed by atoms with Crippen LogP contribution in [0.15, 0.2) is 48.8 Å². The van der Waals surface area contributed by atoms with Gasteiger partial charge < -0.3 is 9.47 Å². The molecule has 0 fully saturated rings. The van der Waals surface area contributed by atoms with Gasteiger partial charge in [0.15, 0.2) is 6.10 Å².